The summed E-state index contributed by atoms with van der Waals surface area (Å²) in [6.07, 6.45) is -5.38. The molecule has 98 valence electrons. The number of hydrogen-bond donors (Lipinski definition) is 2. The zero-order valence-corrected chi connectivity index (χ0v) is 10.1. The van der Waals surface area contributed by atoms with Gasteiger partial charge in [0.2, 0.25) is 0 Å². The molecule has 0 aromatic carbocycles. The van der Waals surface area contributed by atoms with E-state index in [2.05, 4.69) is 4.98 Å². The maximum atomic E-state index is 12.2. The molecule has 8 heteroatoms. The molecule has 0 aliphatic rings. The molecule has 0 saturated carbocycles. The first-order valence-electron chi connectivity index (χ1n) is 5.00. The third-order valence-electron chi connectivity index (χ3n) is 2.21. The highest BCUT2D eigenvalue weighted by molar-refractivity contribution is 7.15. The second-order valence-electron chi connectivity index (χ2n) is 3.55. The first-order valence-corrected chi connectivity index (χ1v) is 5.82. The van der Waals surface area contributed by atoms with E-state index in [9.17, 15) is 13.2 Å². The summed E-state index contributed by atoms with van der Waals surface area (Å²) in [5.41, 5.74) is 5.43. The van der Waals surface area contributed by atoms with Crippen molar-refractivity contribution in [3.63, 3.8) is 0 Å². The number of nitrogens with zero attached hydrogens (tertiary/aromatic N) is 2. The molecule has 0 bridgehead atoms. The first kappa shape index (κ1) is 14.2. The van der Waals surface area contributed by atoms with Crippen LogP contribution in [0.2, 0.25) is 0 Å². The molecule has 0 amide bonds. The fourth-order valence-corrected chi connectivity index (χ4v) is 2.00. The Labute approximate surface area is 101 Å². The summed E-state index contributed by atoms with van der Waals surface area (Å²) < 4.78 is 36.5. The highest BCUT2D eigenvalue weighted by Crippen LogP contribution is 2.22. The number of aliphatic hydroxyl groups excluding tert-OH is 1. The molecular weight excluding hydrogens is 255 g/mol. The van der Waals surface area contributed by atoms with E-state index in [4.69, 9.17) is 10.8 Å². The summed E-state index contributed by atoms with van der Waals surface area (Å²) in [5.74, 6) is 0. The van der Waals surface area contributed by atoms with Gasteiger partial charge in [0.05, 0.1) is 0 Å². The lowest BCUT2D eigenvalue weighted by Crippen LogP contribution is -2.40. The smallest absolute Gasteiger partial charge is 0.382 e. The van der Waals surface area contributed by atoms with E-state index in [1.165, 1.54) is 22.4 Å². The fourth-order valence-electron chi connectivity index (χ4n) is 1.27. The topological polar surface area (TPSA) is 62.4 Å². The Bertz CT molecular complexity index is 356. The molecule has 1 aromatic heterocycles. The van der Waals surface area contributed by atoms with Crippen LogP contribution >= 0.6 is 11.3 Å². The molecule has 0 aliphatic heterocycles. The highest BCUT2D eigenvalue weighted by atomic mass is 32.1. The number of thiazole rings is 1. The summed E-state index contributed by atoms with van der Waals surface area (Å²) in [5, 5.41) is 9.35. The van der Waals surface area contributed by atoms with Gasteiger partial charge in [0.1, 0.15) is 0 Å². The van der Waals surface area contributed by atoms with Crippen LogP contribution in [0.3, 0.4) is 0 Å². The molecule has 0 radical (unpaired) electrons. The van der Waals surface area contributed by atoms with Crippen molar-refractivity contribution in [2.75, 3.05) is 18.8 Å². The minimum atomic E-state index is -4.58. The molecule has 1 unspecified atom stereocenters. The number of hydrogen-bond acceptors (Lipinski definition) is 5. The number of nitrogen functional groups attached to an aromatic ring is 1. The van der Waals surface area contributed by atoms with Gasteiger partial charge in [-0.2, -0.15) is 13.2 Å². The Morgan fingerprint density at radius 3 is 2.65 bits per heavy atom. The van der Waals surface area contributed by atoms with Gasteiger partial charge in [-0.25, -0.2) is 4.98 Å². The number of halogens is 3. The van der Waals surface area contributed by atoms with Crippen LogP contribution in [0.5, 0.6) is 0 Å². The van der Waals surface area contributed by atoms with Crippen molar-refractivity contribution >= 4 is 16.5 Å². The van der Waals surface area contributed by atoms with Crippen LogP contribution in [0, 0.1) is 0 Å². The van der Waals surface area contributed by atoms with E-state index in [0.29, 0.717) is 18.2 Å². The minimum absolute atomic E-state index is 0.304. The Morgan fingerprint density at radius 2 is 2.24 bits per heavy atom. The predicted molar refractivity (Wildman–Crippen MR) is 59.5 cm³/mol. The van der Waals surface area contributed by atoms with Gasteiger partial charge in [0.15, 0.2) is 11.2 Å². The summed E-state index contributed by atoms with van der Waals surface area (Å²) in [4.78, 5) is 6.08. The van der Waals surface area contributed by atoms with E-state index in [0.717, 1.165) is 4.88 Å². The molecule has 1 rings (SSSR count). The average Bonchev–Trinajstić information content (AvgIpc) is 2.61. The molecule has 4 nitrogen and oxygen atoms in total. The van der Waals surface area contributed by atoms with Gasteiger partial charge in [-0.15, -0.1) is 11.3 Å². The lowest BCUT2D eigenvalue weighted by Gasteiger charge is -2.24. The number of nitrogens with two attached hydrogens (primary N) is 1. The van der Waals surface area contributed by atoms with E-state index in [1.54, 1.807) is 6.92 Å². The van der Waals surface area contributed by atoms with Crippen LogP contribution in [0.4, 0.5) is 18.3 Å². The van der Waals surface area contributed by atoms with Crippen molar-refractivity contribution in [1.29, 1.82) is 0 Å². The minimum Gasteiger partial charge on any atom is -0.382 e. The Morgan fingerprint density at radius 1 is 1.59 bits per heavy atom. The number of rotatable bonds is 5. The Hall–Kier alpha value is -0.860. The Kier molecular flexibility index (Phi) is 4.72. The number of alkyl halides is 3. The van der Waals surface area contributed by atoms with E-state index < -0.39 is 18.8 Å². The number of aromatic nitrogens is 1. The second kappa shape index (κ2) is 5.65. The molecule has 0 saturated heterocycles. The quantitative estimate of drug-likeness (QED) is 0.849. The van der Waals surface area contributed by atoms with Crippen molar-refractivity contribution in [3.05, 3.63) is 11.1 Å². The van der Waals surface area contributed by atoms with Crippen LogP contribution in [0.15, 0.2) is 6.20 Å². The van der Waals surface area contributed by atoms with E-state index in [1.807, 2.05) is 0 Å². The highest BCUT2D eigenvalue weighted by Gasteiger charge is 2.38. The molecule has 1 heterocycles. The standard InChI is InChI=1S/C9H14F3N3OS/c1-2-15(5-7(16)9(10,11)12)4-6-3-14-8(13)17-6/h3,7,16H,2,4-5H2,1H3,(H2,13,14). The maximum Gasteiger partial charge on any atom is 0.415 e. The van der Waals surface area contributed by atoms with Crippen LogP contribution in [0.25, 0.3) is 0 Å². The normalized spacial score (nSPS) is 14.2. The zero-order chi connectivity index (χ0) is 13.1. The maximum absolute atomic E-state index is 12.2. The molecule has 3 N–H and O–H groups in total. The average molecular weight is 269 g/mol. The van der Waals surface area contributed by atoms with E-state index in [-0.39, 0.29) is 0 Å². The predicted octanol–water partition coefficient (Wildman–Crippen LogP) is 1.47. The molecule has 0 aliphatic carbocycles. The van der Waals surface area contributed by atoms with Crippen molar-refractivity contribution in [2.45, 2.75) is 25.7 Å². The summed E-state index contributed by atoms with van der Waals surface area (Å²) in [6, 6.07) is 0. The molecule has 0 spiro atoms. The van der Waals surface area contributed by atoms with Gasteiger partial charge >= 0.3 is 6.18 Å². The van der Waals surface area contributed by atoms with Crippen LogP contribution in [0.1, 0.15) is 11.8 Å². The first-order chi connectivity index (χ1) is 7.82. The van der Waals surface area contributed by atoms with Crippen molar-refractivity contribution in [2.24, 2.45) is 0 Å². The van der Waals surface area contributed by atoms with Gasteiger partial charge in [0, 0.05) is 24.2 Å². The van der Waals surface area contributed by atoms with Crippen LogP contribution < -0.4 is 5.73 Å². The largest absolute Gasteiger partial charge is 0.415 e. The van der Waals surface area contributed by atoms with E-state index >= 15 is 0 Å². The summed E-state index contributed by atoms with van der Waals surface area (Å²) in [7, 11) is 0. The monoisotopic (exact) mass is 269 g/mol. The van der Waals surface area contributed by atoms with Crippen molar-refractivity contribution in [3.8, 4) is 0 Å². The molecule has 17 heavy (non-hydrogen) atoms. The van der Waals surface area contributed by atoms with Gasteiger partial charge in [0.25, 0.3) is 0 Å². The third kappa shape index (κ3) is 4.49. The number of anilines is 1. The van der Waals surface area contributed by atoms with Crippen LogP contribution in [-0.2, 0) is 6.54 Å². The lowest BCUT2D eigenvalue weighted by molar-refractivity contribution is -0.208. The van der Waals surface area contributed by atoms with Crippen molar-refractivity contribution < 1.29 is 18.3 Å². The molecule has 0 fully saturated rings. The van der Waals surface area contributed by atoms with Gasteiger partial charge < -0.3 is 10.8 Å². The second-order valence-corrected chi connectivity index (χ2v) is 4.70. The van der Waals surface area contributed by atoms with Gasteiger partial charge in [-0.1, -0.05) is 6.92 Å². The Balaban J connectivity index is 2.55. The lowest BCUT2D eigenvalue weighted by atomic mass is 10.3. The van der Waals surface area contributed by atoms with Crippen LogP contribution in [-0.4, -0.2) is 40.4 Å². The molecule has 1 aromatic rings. The van der Waals surface area contributed by atoms with Crippen molar-refractivity contribution in [1.82, 2.24) is 9.88 Å². The van der Waals surface area contributed by atoms with Gasteiger partial charge in [-0.3, -0.25) is 4.90 Å². The number of likely N-dealkylation sites (N-methyl/N-ethyl adjacent to an activating group) is 1. The third-order valence-corrected chi connectivity index (χ3v) is 3.02. The van der Waals surface area contributed by atoms with Gasteiger partial charge in [-0.05, 0) is 6.54 Å². The molecule has 1 atom stereocenters. The SMILES string of the molecule is CCN(Cc1cnc(N)s1)CC(O)C(F)(F)F. The zero-order valence-electron chi connectivity index (χ0n) is 9.24. The number of aliphatic hydroxyl groups is 1. The molecular formula is C9H14F3N3OS. The fraction of sp³-hybridized carbons (Fsp3) is 0.667. The summed E-state index contributed by atoms with van der Waals surface area (Å²) in [6.45, 7) is 1.99. The summed E-state index contributed by atoms with van der Waals surface area (Å²) >= 11 is 1.23.